The van der Waals surface area contributed by atoms with E-state index in [-0.39, 0.29) is 5.91 Å². The van der Waals surface area contributed by atoms with Gasteiger partial charge in [-0.2, -0.15) is 0 Å². The number of carbonyl (C=O) groups excluding carboxylic acids is 1. The zero-order valence-corrected chi connectivity index (χ0v) is 18.3. The standard InChI is InChI=1S/C25H25N3O4/c1-30-22-14-19(15-23(31-2)24(22)32-3)28-16-27-20-13-18(9-10-21(20)28)25(29)26-12-11-17-7-5-4-6-8-17/h4-10,13-16H,11-12H2,1-3H3,(H,26,29). The van der Waals surface area contributed by atoms with Gasteiger partial charge in [0, 0.05) is 24.2 Å². The average molecular weight is 431 g/mol. The lowest BCUT2D eigenvalue weighted by Crippen LogP contribution is -2.25. The van der Waals surface area contributed by atoms with Crippen LogP contribution in [0.3, 0.4) is 0 Å². The number of rotatable bonds is 8. The third kappa shape index (κ3) is 4.23. The number of imidazole rings is 1. The lowest BCUT2D eigenvalue weighted by atomic mass is 10.1. The largest absolute Gasteiger partial charge is 0.493 e. The van der Waals surface area contributed by atoms with Crippen molar-refractivity contribution in [1.82, 2.24) is 14.9 Å². The first-order valence-electron chi connectivity index (χ1n) is 10.2. The summed E-state index contributed by atoms with van der Waals surface area (Å²) in [6, 6.07) is 19.3. The first-order valence-corrected chi connectivity index (χ1v) is 10.2. The molecule has 1 heterocycles. The predicted octanol–water partition coefficient (Wildman–Crippen LogP) is 4.02. The number of amides is 1. The number of nitrogens with one attached hydrogen (secondary N) is 1. The molecule has 0 aliphatic heterocycles. The Kier molecular flexibility index (Phi) is 6.26. The first-order chi connectivity index (χ1) is 15.6. The minimum absolute atomic E-state index is 0.120. The molecule has 7 heteroatoms. The molecule has 0 aliphatic carbocycles. The van der Waals surface area contributed by atoms with E-state index >= 15 is 0 Å². The number of ether oxygens (including phenoxy) is 3. The zero-order chi connectivity index (χ0) is 22.5. The molecule has 1 N–H and O–H groups in total. The quantitative estimate of drug-likeness (QED) is 0.456. The first kappa shape index (κ1) is 21.2. The summed E-state index contributed by atoms with van der Waals surface area (Å²) < 4.78 is 18.2. The summed E-state index contributed by atoms with van der Waals surface area (Å²) in [5.41, 5.74) is 4.14. The predicted molar refractivity (Wildman–Crippen MR) is 123 cm³/mol. The van der Waals surface area contributed by atoms with E-state index in [1.165, 1.54) is 5.56 Å². The Morgan fingerprint density at radius 2 is 1.66 bits per heavy atom. The van der Waals surface area contributed by atoms with Crippen LogP contribution >= 0.6 is 0 Å². The van der Waals surface area contributed by atoms with Crippen molar-refractivity contribution in [3.05, 3.63) is 78.1 Å². The van der Waals surface area contributed by atoms with Gasteiger partial charge in [-0.1, -0.05) is 30.3 Å². The Morgan fingerprint density at radius 3 is 2.31 bits per heavy atom. The van der Waals surface area contributed by atoms with Crippen LogP contribution in [0.15, 0.2) is 67.0 Å². The van der Waals surface area contributed by atoms with Crippen LogP contribution in [0.5, 0.6) is 17.2 Å². The third-order valence-electron chi connectivity index (χ3n) is 5.28. The Labute approximate surface area is 186 Å². The van der Waals surface area contributed by atoms with Gasteiger partial charge in [-0.25, -0.2) is 4.98 Å². The molecule has 0 radical (unpaired) electrons. The summed E-state index contributed by atoms with van der Waals surface area (Å²) in [5.74, 6) is 1.51. The zero-order valence-electron chi connectivity index (χ0n) is 18.3. The van der Waals surface area contributed by atoms with E-state index in [1.54, 1.807) is 39.8 Å². The van der Waals surface area contributed by atoms with Gasteiger partial charge in [-0.05, 0) is 30.2 Å². The van der Waals surface area contributed by atoms with Crippen LogP contribution in [0, 0.1) is 0 Å². The molecule has 1 amide bonds. The number of fused-ring (bicyclic) bond motifs is 1. The molecule has 0 bridgehead atoms. The topological polar surface area (TPSA) is 74.6 Å². The van der Waals surface area contributed by atoms with Crippen molar-refractivity contribution >= 4 is 16.9 Å². The Bertz CT molecular complexity index is 1210. The summed E-state index contributed by atoms with van der Waals surface area (Å²) in [6.45, 7) is 0.570. The van der Waals surface area contributed by atoms with Crippen molar-refractivity contribution in [3.8, 4) is 22.9 Å². The molecule has 0 fully saturated rings. The maximum atomic E-state index is 12.6. The summed E-state index contributed by atoms with van der Waals surface area (Å²) in [4.78, 5) is 17.1. The van der Waals surface area contributed by atoms with Crippen LogP contribution in [0.4, 0.5) is 0 Å². The molecule has 4 rings (SSSR count). The SMILES string of the molecule is COc1cc(-n2cnc3cc(C(=O)NCCc4ccccc4)ccc32)cc(OC)c1OC. The van der Waals surface area contributed by atoms with Crippen molar-refractivity contribution in [2.75, 3.05) is 27.9 Å². The van der Waals surface area contributed by atoms with E-state index < -0.39 is 0 Å². The van der Waals surface area contributed by atoms with Gasteiger partial charge in [0.25, 0.3) is 5.91 Å². The molecule has 0 spiro atoms. The molecular formula is C25H25N3O4. The van der Waals surface area contributed by atoms with Crippen molar-refractivity contribution in [3.63, 3.8) is 0 Å². The molecule has 0 saturated heterocycles. The number of aromatic nitrogens is 2. The molecule has 0 atom stereocenters. The maximum Gasteiger partial charge on any atom is 0.251 e. The highest BCUT2D eigenvalue weighted by Gasteiger charge is 2.16. The highest BCUT2D eigenvalue weighted by molar-refractivity contribution is 5.97. The monoisotopic (exact) mass is 431 g/mol. The molecule has 0 unspecified atom stereocenters. The third-order valence-corrected chi connectivity index (χ3v) is 5.28. The molecule has 32 heavy (non-hydrogen) atoms. The lowest BCUT2D eigenvalue weighted by Gasteiger charge is -2.15. The molecule has 4 aromatic rings. The fraction of sp³-hybridized carbons (Fsp3) is 0.200. The Hall–Kier alpha value is -4.00. The summed E-state index contributed by atoms with van der Waals surface area (Å²) >= 11 is 0. The van der Waals surface area contributed by atoms with Crippen LogP contribution in [0.25, 0.3) is 16.7 Å². The lowest BCUT2D eigenvalue weighted by molar-refractivity contribution is 0.0954. The van der Waals surface area contributed by atoms with E-state index in [1.807, 2.05) is 53.1 Å². The summed E-state index contributed by atoms with van der Waals surface area (Å²) in [6.07, 6.45) is 2.49. The van der Waals surface area contributed by atoms with E-state index in [0.29, 0.717) is 29.4 Å². The van der Waals surface area contributed by atoms with Crippen molar-refractivity contribution in [1.29, 1.82) is 0 Å². The molecule has 0 aliphatic rings. The summed E-state index contributed by atoms with van der Waals surface area (Å²) in [5, 5.41) is 2.97. The fourth-order valence-electron chi connectivity index (χ4n) is 3.63. The van der Waals surface area contributed by atoms with Crippen molar-refractivity contribution in [2.45, 2.75) is 6.42 Å². The smallest absolute Gasteiger partial charge is 0.251 e. The highest BCUT2D eigenvalue weighted by Crippen LogP contribution is 2.39. The van der Waals surface area contributed by atoms with E-state index in [2.05, 4.69) is 10.3 Å². The van der Waals surface area contributed by atoms with Gasteiger partial charge in [0.15, 0.2) is 11.5 Å². The second-order valence-electron chi connectivity index (χ2n) is 7.19. The molecule has 7 nitrogen and oxygen atoms in total. The van der Waals surface area contributed by atoms with Crippen molar-refractivity contribution < 1.29 is 19.0 Å². The molecule has 1 aromatic heterocycles. The van der Waals surface area contributed by atoms with Crippen LogP contribution < -0.4 is 19.5 Å². The summed E-state index contributed by atoms with van der Waals surface area (Å²) in [7, 11) is 4.73. The second kappa shape index (κ2) is 9.43. The molecular weight excluding hydrogens is 406 g/mol. The van der Waals surface area contributed by atoms with Crippen LogP contribution in [-0.2, 0) is 6.42 Å². The molecule has 3 aromatic carbocycles. The van der Waals surface area contributed by atoms with Crippen molar-refractivity contribution in [2.24, 2.45) is 0 Å². The number of carbonyl (C=O) groups is 1. The normalized spacial score (nSPS) is 10.7. The fourth-order valence-corrected chi connectivity index (χ4v) is 3.63. The average Bonchev–Trinajstić information content (AvgIpc) is 3.27. The number of hydrogen-bond donors (Lipinski definition) is 1. The van der Waals surface area contributed by atoms with E-state index in [9.17, 15) is 4.79 Å². The molecule has 164 valence electrons. The second-order valence-corrected chi connectivity index (χ2v) is 7.19. The van der Waals surface area contributed by atoms with Gasteiger partial charge in [0.05, 0.1) is 38.1 Å². The van der Waals surface area contributed by atoms with Gasteiger partial charge < -0.3 is 19.5 Å². The van der Waals surface area contributed by atoms with Gasteiger partial charge in [0.1, 0.15) is 6.33 Å². The Balaban J connectivity index is 1.56. The van der Waals surface area contributed by atoms with Gasteiger partial charge in [0.2, 0.25) is 5.75 Å². The van der Waals surface area contributed by atoms with Gasteiger partial charge in [-0.15, -0.1) is 0 Å². The number of hydrogen-bond acceptors (Lipinski definition) is 5. The van der Waals surface area contributed by atoms with Gasteiger partial charge in [-0.3, -0.25) is 9.36 Å². The minimum atomic E-state index is -0.120. The van der Waals surface area contributed by atoms with Gasteiger partial charge >= 0.3 is 0 Å². The van der Waals surface area contributed by atoms with Crippen LogP contribution in [0.1, 0.15) is 15.9 Å². The van der Waals surface area contributed by atoms with Crippen LogP contribution in [-0.4, -0.2) is 43.3 Å². The van der Waals surface area contributed by atoms with E-state index in [0.717, 1.165) is 23.1 Å². The van der Waals surface area contributed by atoms with Crippen LogP contribution in [0.2, 0.25) is 0 Å². The van der Waals surface area contributed by atoms with E-state index in [4.69, 9.17) is 14.2 Å². The number of nitrogens with zero attached hydrogens (tertiary/aromatic N) is 2. The highest BCUT2D eigenvalue weighted by atomic mass is 16.5. The number of methoxy groups -OCH3 is 3. The molecule has 0 saturated carbocycles. The minimum Gasteiger partial charge on any atom is -0.493 e. The maximum absolute atomic E-state index is 12.6. The Morgan fingerprint density at radius 1 is 0.938 bits per heavy atom. The number of benzene rings is 3.